The molecular formula is C15H21NO2. The summed E-state index contributed by atoms with van der Waals surface area (Å²) >= 11 is 0. The summed E-state index contributed by atoms with van der Waals surface area (Å²) in [5.74, 6) is 0.198. The van der Waals surface area contributed by atoms with Gasteiger partial charge in [0.05, 0.1) is 12.6 Å². The number of hydrogen-bond donors (Lipinski definition) is 0. The molecule has 1 aliphatic rings. The first-order chi connectivity index (χ1) is 8.65. The molecule has 0 bridgehead atoms. The van der Waals surface area contributed by atoms with E-state index in [0.717, 1.165) is 31.7 Å². The minimum atomic E-state index is 0.198. The molecule has 18 heavy (non-hydrogen) atoms. The molecular weight excluding hydrogens is 226 g/mol. The number of rotatable bonds is 3. The lowest BCUT2D eigenvalue weighted by Crippen LogP contribution is -2.34. The number of Topliss-reactive ketones (excluding diaryl/α,β-unsaturated/α-hetero) is 1. The van der Waals surface area contributed by atoms with E-state index in [2.05, 4.69) is 11.8 Å². The maximum Gasteiger partial charge on any atom is 0.176 e. The van der Waals surface area contributed by atoms with E-state index in [4.69, 9.17) is 4.74 Å². The number of nitrogens with zero attached hydrogens (tertiary/aromatic N) is 1. The van der Waals surface area contributed by atoms with Gasteiger partial charge in [-0.1, -0.05) is 29.8 Å². The molecule has 0 radical (unpaired) electrons. The Kier molecular flexibility index (Phi) is 4.50. The van der Waals surface area contributed by atoms with Crippen molar-refractivity contribution in [2.75, 3.05) is 26.2 Å². The molecule has 0 amide bonds. The van der Waals surface area contributed by atoms with Gasteiger partial charge in [0.2, 0.25) is 0 Å². The number of ether oxygens (including phenoxy) is 1. The van der Waals surface area contributed by atoms with E-state index in [0.29, 0.717) is 6.54 Å². The normalized spacial score (nSPS) is 21.6. The maximum atomic E-state index is 12.2. The van der Waals surface area contributed by atoms with Crippen molar-refractivity contribution in [1.82, 2.24) is 4.90 Å². The average molecular weight is 247 g/mol. The van der Waals surface area contributed by atoms with E-state index in [1.54, 1.807) is 0 Å². The van der Waals surface area contributed by atoms with E-state index in [1.807, 2.05) is 31.2 Å². The molecule has 1 unspecified atom stereocenters. The predicted octanol–water partition coefficient (Wildman–Crippen LogP) is 2.29. The van der Waals surface area contributed by atoms with Crippen LogP contribution in [-0.2, 0) is 4.74 Å². The van der Waals surface area contributed by atoms with Gasteiger partial charge < -0.3 is 4.74 Å². The van der Waals surface area contributed by atoms with Crippen LogP contribution in [0.2, 0.25) is 0 Å². The van der Waals surface area contributed by atoms with Gasteiger partial charge in [-0.2, -0.15) is 0 Å². The van der Waals surface area contributed by atoms with Crippen molar-refractivity contribution in [2.45, 2.75) is 26.4 Å². The van der Waals surface area contributed by atoms with Crippen molar-refractivity contribution < 1.29 is 9.53 Å². The molecule has 0 saturated carbocycles. The molecule has 0 aliphatic carbocycles. The lowest BCUT2D eigenvalue weighted by molar-refractivity contribution is 0.0657. The minimum Gasteiger partial charge on any atom is -0.377 e. The van der Waals surface area contributed by atoms with Crippen LogP contribution >= 0.6 is 0 Å². The summed E-state index contributed by atoms with van der Waals surface area (Å²) in [5.41, 5.74) is 1.99. The highest BCUT2D eigenvalue weighted by Gasteiger charge is 2.18. The first-order valence-corrected chi connectivity index (χ1v) is 6.59. The molecule has 1 aromatic carbocycles. The first kappa shape index (κ1) is 13.2. The Bertz CT molecular complexity index is 399. The fourth-order valence-electron chi connectivity index (χ4n) is 2.26. The van der Waals surface area contributed by atoms with Gasteiger partial charge in [-0.05, 0) is 20.3 Å². The summed E-state index contributed by atoms with van der Waals surface area (Å²) in [6.45, 7) is 7.18. The van der Waals surface area contributed by atoms with Gasteiger partial charge >= 0.3 is 0 Å². The molecule has 1 aliphatic heterocycles. The molecule has 1 atom stereocenters. The molecule has 0 N–H and O–H groups in total. The van der Waals surface area contributed by atoms with Crippen molar-refractivity contribution in [1.29, 1.82) is 0 Å². The van der Waals surface area contributed by atoms with E-state index < -0.39 is 0 Å². The second-order valence-corrected chi connectivity index (χ2v) is 5.06. The van der Waals surface area contributed by atoms with Crippen LogP contribution in [0.25, 0.3) is 0 Å². The molecule has 1 heterocycles. The fourth-order valence-corrected chi connectivity index (χ4v) is 2.26. The highest BCUT2D eigenvalue weighted by molar-refractivity contribution is 5.97. The van der Waals surface area contributed by atoms with Crippen LogP contribution in [0.1, 0.15) is 29.3 Å². The van der Waals surface area contributed by atoms with Gasteiger partial charge in [0.25, 0.3) is 0 Å². The molecule has 3 nitrogen and oxygen atoms in total. The molecule has 0 aromatic heterocycles. The van der Waals surface area contributed by atoms with Crippen molar-refractivity contribution in [3.05, 3.63) is 35.4 Å². The van der Waals surface area contributed by atoms with Gasteiger partial charge in [-0.15, -0.1) is 0 Å². The third-order valence-electron chi connectivity index (χ3n) is 3.28. The Labute approximate surface area is 109 Å². The number of carbonyl (C=O) groups is 1. The largest absolute Gasteiger partial charge is 0.377 e. The Hall–Kier alpha value is -1.19. The standard InChI is InChI=1S/C15H21NO2/c1-12-4-6-14(7-5-12)15(17)11-16-8-3-9-18-13(2)10-16/h4-7,13H,3,8-11H2,1-2H3. The predicted molar refractivity (Wildman–Crippen MR) is 72.0 cm³/mol. The third-order valence-corrected chi connectivity index (χ3v) is 3.28. The van der Waals surface area contributed by atoms with Crippen molar-refractivity contribution in [3.8, 4) is 0 Å². The number of aryl methyl sites for hydroxylation is 1. The van der Waals surface area contributed by atoms with E-state index in [1.165, 1.54) is 5.56 Å². The van der Waals surface area contributed by atoms with Crippen LogP contribution in [-0.4, -0.2) is 43.0 Å². The van der Waals surface area contributed by atoms with Gasteiger partial charge in [0.15, 0.2) is 5.78 Å². The summed E-state index contributed by atoms with van der Waals surface area (Å²) in [6.07, 6.45) is 1.23. The highest BCUT2D eigenvalue weighted by Crippen LogP contribution is 2.09. The second kappa shape index (κ2) is 6.12. The molecule has 1 aromatic rings. The Morgan fingerprint density at radius 1 is 1.39 bits per heavy atom. The number of ketones is 1. The summed E-state index contributed by atoms with van der Waals surface area (Å²) < 4.78 is 5.58. The smallest absolute Gasteiger partial charge is 0.176 e. The molecule has 98 valence electrons. The van der Waals surface area contributed by atoms with Gasteiger partial charge in [-0.3, -0.25) is 9.69 Å². The van der Waals surface area contributed by atoms with Crippen LogP contribution in [0.3, 0.4) is 0 Å². The third kappa shape index (κ3) is 3.65. The van der Waals surface area contributed by atoms with Crippen LogP contribution in [0.4, 0.5) is 0 Å². The van der Waals surface area contributed by atoms with Gasteiger partial charge in [-0.25, -0.2) is 0 Å². The molecule has 1 saturated heterocycles. The zero-order valence-corrected chi connectivity index (χ0v) is 11.2. The van der Waals surface area contributed by atoms with Crippen molar-refractivity contribution in [3.63, 3.8) is 0 Å². The molecule has 3 heteroatoms. The van der Waals surface area contributed by atoms with Crippen molar-refractivity contribution in [2.24, 2.45) is 0 Å². The van der Waals surface area contributed by atoms with Crippen LogP contribution < -0.4 is 0 Å². The van der Waals surface area contributed by atoms with Crippen molar-refractivity contribution >= 4 is 5.78 Å². The minimum absolute atomic E-state index is 0.198. The second-order valence-electron chi connectivity index (χ2n) is 5.06. The number of carbonyl (C=O) groups excluding carboxylic acids is 1. The van der Waals surface area contributed by atoms with Crippen LogP contribution in [0.5, 0.6) is 0 Å². The Balaban J connectivity index is 1.95. The topological polar surface area (TPSA) is 29.5 Å². The fraction of sp³-hybridized carbons (Fsp3) is 0.533. The Morgan fingerprint density at radius 2 is 2.11 bits per heavy atom. The van der Waals surface area contributed by atoms with E-state index in [9.17, 15) is 4.79 Å². The maximum absolute atomic E-state index is 12.2. The monoisotopic (exact) mass is 247 g/mol. The van der Waals surface area contributed by atoms with Gasteiger partial charge in [0, 0.05) is 25.3 Å². The Morgan fingerprint density at radius 3 is 2.83 bits per heavy atom. The lowest BCUT2D eigenvalue weighted by atomic mass is 10.1. The average Bonchev–Trinajstić information content (AvgIpc) is 2.54. The molecule has 2 rings (SSSR count). The zero-order valence-electron chi connectivity index (χ0n) is 11.2. The van der Waals surface area contributed by atoms with E-state index in [-0.39, 0.29) is 11.9 Å². The summed E-state index contributed by atoms with van der Waals surface area (Å²) in [5, 5.41) is 0. The summed E-state index contributed by atoms with van der Waals surface area (Å²) in [6, 6.07) is 7.80. The molecule has 0 spiro atoms. The van der Waals surface area contributed by atoms with Crippen LogP contribution in [0.15, 0.2) is 24.3 Å². The highest BCUT2D eigenvalue weighted by atomic mass is 16.5. The quantitative estimate of drug-likeness (QED) is 0.768. The summed E-state index contributed by atoms with van der Waals surface area (Å²) in [4.78, 5) is 14.4. The lowest BCUT2D eigenvalue weighted by Gasteiger charge is -2.20. The van der Waals surface area contributed by atoms with Gasteiger partial charge in [0.1, 0.15) is 0 Å². The summed E-state index contributed by atoms with van der Waals surface area (Å²) in [7, 11) is 0. The number of benzene rings is 1. The number of hydrogen-bond acceptors (Lipinski definition) is 3. The van der Waals surface area contributed by atoms with Crippen LogP contribution in [0, 0.1) is 6.92 Å². The first-order valence-electron chi connectivity index (χ1n) is 6.59. The zero-order chi connectivity index (χ0) is 13.0. The SMILES string of the molecule is Cc1ccc(C(=O)CN2CCCOC(C)C2)cc1. The van der Waals surface area contributed by atoms with E-state index >= 15 is 0 Å². The molecule has 1 fully saturated rings.